The van der Waals surface area contributed by atoms with Crippen LogP contribution in [0.1, 0.15) is 0 Å². The Morgan fingerprint density at radius 2 is 1.46 bits per heavy atom. The predicted octanol–water partition coefficient (Wildman–Crippen LogP) is 4.14. The molecule has 4 rings (SSSR count). The van der Waals surface area contributed by atoms with Crippen LogP contribution in [0.5, 0.6) is 5.75 Å². The van der Waals surface area contributed by atoms with Crippen LogP contribution in [-0.2, 0) is 0 Å². The number of tetrazole rings is 1. The maximum Gasteiger partial charge on any atom is 0.187 e. The summed E-state index contributed by atoms with van der Waals surface area (Å²) in [5.41, 5.74) is 2.65. The van der Waals surface area contributed by atoms with E-state index in [2.05, 4.69) is 15.5 Å². The zero-order valence-corrected chi connectivity index (χ0v) is 14.0. The summed E-state index contributed by atoms with van der Waals surface area (Å²) in [5.74, 6) is 0.856. The molecule has 1 heterocycles. The first-order valence-electron chi connectivity index (χ1n) is 8.05. The molecule has 0 atom stereocenters. The molecule has 0 N–H and O–H groups in total. The molecule has 1 aromatic heterocycles. The second-order valence-corrected chi connectivity index (χ2v) is 5.61. The highest BCUT2D eigenvalue weighted by Crippen LogP contribution is 2.34. The van der Waals surface area contributed by atoms with Crippen LogP contribution >= 0.6 is 0 Å². The SMILES string of the molecule is COc1ccccc1-n1nnnc1-c1ccccc1-c1ccccc1F. The Morgan fingerprint density at radius 3 is 2.23 bits per heavy atom. The fourth-order valence-corrected chi connectivity index (χ4v) is 2.91. The molecule has 26 heavy (non-hydrogen) atoms. The molecule has 0 bridgehead atoms. The van der Waals surface area contributed by atoms with Crippen LogP contribution in [0, 0.1) is 5.82 Å². The Bertz CT molecular complexity index is 1060. The van der Waals surface area contributed by atoms with Crippen LogP contribution in [0.15, 0.2) is 72.8 Å². The van der Waals surface area contributed by atoms with Crippen molar-refractivity contribution in [1.82, 2.24) is 20.2 Å². The molecule has 0 aliphatic carbocycles. The molecule has 0 unspecified atom stereocenters. The minimum absolute atomic E-state index is 0.295. The van der Waals surface area contributed by atoms with Gasteiger partial charge in [0.1, 0.15) is 17.3 Å². The van der Waals surface area contributed by atoms with Gasteiger partial charge in [-0.2, -0.15) is 4.68 Å². The molecule has 0 aliphatic rings. The molecule has 0 aliphatic heterocycles. The Labute approximate surface area is 149 Å². The number of rotatable bonds is 4. The van der Waals surface area contributed by atoms with E-state index in [-0.39, 0.29) is 5.82 Å². The van der Waals surface area contributed by atoms with Crippen molar-refractivity contribution < 1.29 is 9.13 Å². The molecule has 3 aromatic carbocycles. The molecule has 0 saturated heterocycles. The molecule has 0 radical (unpaired) electrons. The number of hydrogen-bond donors (Lipinski definition) is 0. The molecule has 6 heteroatoms. The van der Waals surface area contributed by atoms with Gasteiger partial charge >= 0.3 is 0 Å². The van der Waals surface area contributed by atoms with Crippen LogP contribution in [0.25, 0.3) is 28.2 Å². The van der Waals surface area contributed by atoms with Gasteiger partial charge in [-0.25, -0.2) is 4.39 Å². The highest BCUT2D eigenvalue weighted by molar-refractivity contribution is 5.81. The van der Waals surface area contributed by atoms with Crippen molar-refractivity contribution in [3.63, 3.8) is 0 Å². The van der Waals surface area contributed by atoms with Gasteiger partial charge in [0.05, 0.1) is 7.11 Å². The van der Waals surface area contributed by atoms with E-state index in [0.29, 0.717) is 22.8 Å². The van der Waals surface area contributed by atoms with Crippen LogP contribution in [0.3, 0.4) is 0 Å². The number of benzene rings is 3. The smallest absolute Gasteiger partial charge is 0.187 e. The summed E-state index contributed by atoms with van der Waals surface area (Å²) in [6.07, 6.45) is 0. The van der Waals surface area contributed by atoms with Crippen molar-refractivity contribution in [3.8, 4) is 34.0 Å². The van der Waals surface area contributed by atoms with Crippen LogP contribution in [0.4, 0.5) is 4.39 Å². The molecular weight excluding hydrogens is 331 g/mol. The maximum atomic E-state index is 14.4. The lowest BCUT2D eigenvalue weighted by atomic mass is 9.98. The minimum atomic E-state index is -0.295. The van der Waals surface area contributed by atoms with E-state index in [1.165, 1.54) is 6.07 Å². The van der Waals surface area contributed by atoms with Gasteiger partial charge in [0.25, 0.3) is 0 Å². The van der Waals surface area contributed by atoms with Gasteiger partial charge in [0.15, 0.2) is 5.82 Å². The first-order chi connectivity index (χ1) is 12.8. The van der Waals surface area contributed by atoms with Crippen LogP contribution in [-0.4, -0.2) is 27.3 Å². The largest absolute Gasteiger partial charge is 0.494 e. The molecule has 128 valence electrons. The minimum Gasteiger partial charge on any atom is -0.494 e. The number of nitrogens with zero attached hydrogens (tertiary/aromatic N) is 4. The van der Waals surface area contributed by atoms with Crippen molar-refractivity contribution in [1.29, 1.82) is 0 Å². The highest BCUT2D eigenvalue weighted by atomic mass is 19.1. The molecule has 0 spiro atoms. The lowest BCUT2D eigenvalue weighted by molar-refractivity contribution is 0.411. The van der Waals surface area contributed by atoms with Gasteiger partial charge in [-0.3, -0.25) is 0 Å². The van der Waals surface area contributed by atoms with Gasteiger partial charge < -0.3 is 4.74 Å². The summed E-state index contributed by atoms with van der Waals surface area (Å²) < 4.78 is 21.4. The first-order valence-corrected chi connectivity index (χ1v) is 8.05. The topological polar surface area (TPSA) is 52.8 Å². The van der Waals surface area contributed by atoms with Crippen molar-refractivity contribution >= 4 is 0 Å². The summed E-state index contributed by atoms with van der Waals surface area (Å²) in [5, 5.41) is 12.1. The zero-order chi connectivity index (χ0) is 17.9. The van der Waals surface area contributed by atoms with E-state index in [0.717, 1.165) is 11.1 Å². The molecule has 5 nitrogen and oxygen atoms in total. The summed E-state index contributed by atoms with van der Waals surface area (Å²) >= 11 is 0. The van der Waals surface area contributed by atoms with E-state index in [1.54, 1.807) is 30.0 Å². The van der Waals surface area contributed by atoms with E-state index in [9.17, 15) is 4.39 Å². The Morgan fingerprint density at radius 1 is 0.808 bits per heavy atom. The summed E-state index contributed by atoms with van der Waals surface area (Å²) in [7, 11) is 1.59. The molecule has 4 aromatic rings. The van der Waals surface area contributed by atoms with Crippen molar-refractivity contribution in [2.75, 3.05) is 7.11 Å². The Hall–Kier alpha value is -3.54. The van der Waals surface area contributed by atoms with Crippen molar-refractivity contribution in [3.05, 3.63) is 78.6 Å². The number of ether oxygens (including phenoxy) is 1. The van der Waals surface area contributed by atoms with E-state index < -0.39 is 0 Å². The maximum absolute atomic E-state index is 14.4. The fraction of sp³-hybridized carbons (Fsp3) is 0.0500. The van der Waals surface area contributed by atoms with Crippen LogP contribution in [0.2, 0.25) is 0 Å². The van der Waals surface area contributed by atoms with E-state index >= 15 is 0 Å². The summed E-state index contributed by atoms with van der Waals surface area (Å²) in [4.78, 5) is 0. The number of halogens is 1. The predicted molar refractivity (Wildman–Crippen MR) is 96.5 cm³/mol. The van der Waals surface area contributed by atoms with Crippen LogP contribution < -0.4 is 4.74 Å². The second-order valence-electron chi connectivity index (χ2n) is 5.61. The second kappa shape index (κ2) is 6.76. The summed E-state index contributed by atoms with van der Waals surface area (Å²) in [6, 6.07) is 21.6. The Kier molecular flexibility index (Phi) is 4.15. The fourth-order valence-electron chi connectivity index (χ4n) is 2.91. The monoisotopic (exact) mass is 346 g/mol. The third-order valence-corrected chi connectivity index (χ3v) is 4.11. The standard InChI is InChI=1S/C20H15FN4O/c1-26-19-13-7-6-12-18(19)25-20(22-23-24-25)16-10-3-2-8-14(16)15-9-4-5-11-17(15)21/h2-13H,1H3. The van der Waals surface area contributed by atoms with Gasteiger partial charge in [0.2, 0.25) is 0 Å². The average molecular weight is 346 g/mol. The van der Waals surface area contributed by atoms with E-state index in [4.69, 9.17) is 4.74 Å². The normalized spacial score (nSPS) is 10.7. The van der Waals surface area contributed by atoms with Gasteiger partial charge in [-0.1, -0.05) is 54.6 Å². The lowest BCUT2D eigenvalue weighted by Gasteiger charge is -2.12. The Balaban J connectivity index is 1.92. The average Bonchev–Trinajstić information content (AvgIpc) is 3.18. The third-order valence-electron chi connectivity index (χ3n) is 4.11. The van der Waals surface area contributed by atoms with Crippen molar-refractivity contribution in [2.45, 2.75) is 0 Å². The number of para-hydroxylation sites is 2. The zero-order valence-electron chi connectivity index (χ0n) is 14.0. The molecule has 0 amide bonds. The first kappa shape index (κ1) is 16.0. The highest BCUT2D eigenvalue weighted by Gasteiger charge is 2.18. The molecular formula is C20H15FN4O. The van der Waals surface area contributed by atoms with Gasteiger partial charge in [0, 0.05) is 11.1 Å². The summed E-state index contributed by atoms with van der Waals surface area (Å²) in [6.45, 7) is 0. The number of hydrogen-bond acceptors (Lipinski definition) is 4. The van der Waals surface area contributed by atoms with Gasteiger partial charge in [-0.05, 0) is 34.2 Å². The number of aromatic nitrogens is 4. The third kappa shape index (κ3) is 2.71. The van der Waals surface area contributed by atoms with Gasteiger partial charge in [-0.15, -0.1) is 5.10 Å². The number of methoxy groups -OCH3 is 1. The molecule has 0 saturated carbocycles. The molecule has 0 fully saturated rings. The lowest BCUT2D eigenvalue weighted by Crippen LogP contribution is -2.03. The van der Waals surface area contributed by atoms with Crippen molar-refractivity contribution in [2.24, 2.45) is 0 Å². The van der Waals surface area contributed by atoms with E-state index in [1.807, 2.05) is 48.5 Å². The quantitative estimate of drug-likeness (QED) is 0.557.